The molecule has 1 aromatic carbocycles. The summed E-state index contributed by atoms with van der Waals surface area (Å²) >= 11 is 9.48. The fraction of sp³-hybridized carbons (Fsp3) is 0.625. The van der Waals surface area contributed by atoms with Gasteiger partial charge in [-0.25, -0.2) is 0 Å². The summed E-state index contributed by atoms with van der Waals surface area (Å²) in [7, 11) is 0. The summed E-state index contributed by atoms with van der Waals surface area (Å²) in [5, 5.41) is 4.13. The van der Waals surface area contributed by atoms with Crippen molar-refractivity contribution in [3.63, 3.8) is 0 Å². The van der Waals surface area contributed by atoms with Crippen LogP contribution in [-0.2, 0) is 0 Å². The fourth-order valence-corrected chi connectivity index (χ4v) is 2.38. The van der Waals surface area contributed by atoms with Crippen molar-refractivity contribution in [3.05, 3.63) is 27.7 Å². The first kappa shape index (κ1) is 17.8. The Balaban J connectivity index is 2.01. The number of halogens is 2. The van der Waals surface area contributed by atoms with E-state index in [0.29, 0.717) is 5.02 Å². The van der Waals surface area contributed by atoms with Crippen molar-refractivity contribution in [1.29, 1.82) is 0 Å². The molecule has 0 bridgehead atoms. The van der Waals surface area contributed by atoms with Crippen LogP contribution in [0.2, 0.25) is 5.02 Å². The van der Waals surface area contributed by atoms with Crippen molar-refractivity contribution >= 4 is 27.5 Å². The maximum Gasteiger partial charge on any atom is 0.139 e. The highest BCUT2D eigenvalue weighted by Crippen LogP contribution is 2.28. The summed E-state index contributed by atoms with van der Waals surface area (Å²) in [6.45, 7) is 7.44. The van der Waals surface area contributed by atoms with Crippen LogP contribution in [0, 0.1) is 5.92 Å². The maximum atomic E-state index is 6.06. The zero-order chi connectivity index (χ0) is 14.8. The summed E-state index contributed by atoms with van der Waals surface area (Å²) in [5.74, 6) is 1.50. The molecule has 2 nitrogen and oxygen atoms in total. The molecule has 0 heterocycles. The molecule has 20 heavy (non-hydrogen) atoms. The number of rotatable bonds is 10. The highest BCUT2D eigenvalue weighted by molar-refractivity contribution is 9.10. The fourth-order valence-electron chi connectivity index (χ4n) is 1.87. The van der Waals surface area contributed by atoms with E-state index in [-0.39, 0.29) is 0 Å². The van der Waals surface area contributed by atoms with Crippen molar-refractivity contribution in [3.8, 4) is 5.75 Å². The van der Waals surface area contributed by atoms with Crippen LogP contribution < -0.4 is 10.1 Å². The number of ether oxygens (including phenoxy) is 1. The Morgan fingerprint density at radius 2 is 1.95 bits per heavy atom. The minimum atomic E-state index is 0.672. The smallest absolute Gasteiger partial charge is 0.139 e. The highest BCUT2D eigenvalue weighted by atomic mass is 79.9. The molecule has 0 saturated carbocycles. The molecule has 0 spiro atoms. The van der Waals surface area contributed by atoms with E-state index >= 15 is 0 Å². The highest BCUT2D eigenvalue weighted by Gasteiger charge is 2.02. The van der Waals surface area contributed by atoms with E-state index in [4.69, 9.17) is 16.3 Å². The van der Waals surface area contributed by atoms with E-state index in [0.717, 1.165) is 42.3 Å². The van der Waals surface area contributed by atoms with E-state index in [1.54, 1.807) is 0 Å². The predicted molar refractivity (Wildman–Crippen MR) is 90.8 cm³/mol. The Morgan fingerprint density at radius 3 is 2.70 bits per heavy atom. The first-order valence-corrected chi connectivity index (χ1v) is 8.55. The predicted octanol–water partition coefficient (Wildman–Crippen LogP) is 5.29. The summed E-state index contributed by atoms with van der Waals surface area (Å²) < 4.78 is 6.69. The summed E-state index contributed by atoms with van der Waals surface area (Å²) in [4.78, 5) is 0. The van der Waals surface area contributed by atoms with E-state index in [1.165, 1.54) is 19.3 Å². The number of hydrogen-bond acceptors (Lipinski definition) is 2. The van der Waals surface area contributed by atoms with Crippen molar-refractivity contribution in [2.45, 2.75) is 39.5 Å². The molecule has 1 aromatic rings. The van der Waals surface area contributed by atoms with Gasteiger partial charge < -0.3 is 10.1 Å². The molecule has 0 aromatic heterocycles. The van der Waals surface area contributed by atoms with Crippen LogP contribution in [0.15, 0.2) is 22.7 Å². The summed E-state index contributed by atoms with van der Waals surface area (Å²) in [6.07, 6.45) is 4.77. The molecular formula is C16H25BrClNO. The number of benzene rings is 1. The van der Waals surface area contributed by atoms with Crippen LogP contribution >= 0.6 is 27.5 Å². The van der Waals surface area contributed by atoms with Crippen LogP contribution in [0.3, 0.4) is 0 Å². The third-order valence-corrected chi connectivity index (χ3v) is 3.76. The normalized spacial score (nSPS) is 11.1. The van der Waals surface area contributed by atoms with Gasteiger partial charge in [-0.05, 0) is 50.0 Å². The zero-order valence-corrected chi connectivity index (χ0v) is 14.8. The molecule has 1 rings (SSSR count). The van der Waals surface area contributed by atoms with Gasteiger partial charge in [0.15, 0.2) is 0 Å². The molecule has 0 aliphatic heterocycles. The minimum Gasteiger partial charge on any atom is -0.492 e. The van der Waals surface area contributed by atoms with Gasteiger partial charge in [0.1, 0.15) is 5.75 Å². The summed E-state index contributed by atoms with van der Waals surface area (Å²) in [6, 6.07) is 5.68. The second-order valence-electron chi connectivity index (χ2n) is 5.44. The Morgan fingerprint density at radius 1 is 1.20 bits per heavy atom. The third kappa shape index (κ3) is 8.13. The second kappa shape index (κ2) is 10.5. The molecule has 0 radical (unpaired) electrons. The van der Waals surface area contributed by atoms with Gasteiger partial charge in [0, 0.05) is 4.47 Å². The van der Waals surface area contributed by atoms with Crippen LogP contribution in [0.5, 0.6) is 5.75 Å². The molecule has 0 saturated heterocycles. The lowest BCUT2D eigenvalue weighted by atomic mass is 10.2. The lowest BCUT2D eigenvalue weighted by Gasteiger charge is -2.09. The molecule has 0 aliphatic rings. The number of hydrogen-bond donors (Lipinski definition) is 1. The van der Waals surface area contributed by atoms with E-state index in [9.17, 15) is 0 Å². The van der Waals surface area contributed by atoms with Crippen LogP contribution in [0.25, 0.3) is 0 Å². The van der Waals surface area contributed by atoms with Crippen molar-refractivity contribution in [2.75, 3.05) is 19.7 Å². The molecule has 0 unspecified atom stereocenters. The quantitative estimate of drug-likeness (QED) is 0.571. The van der Waals surface area contributed by atoms with Gasteiger partial charge in [-0.15, -0.1) is 0 Å². The molecule has 1 N–H and O–H groups in total. The Hall–Kier alpha value is -0.250. The average Bonchev–Trinajstić information content (AvgIpc) is 2.40. The Labute approximate surface area is 136 Å². The lowest BCUT2D eigenvalue weighted by Crippen LogP contribution is -2.20. The summed E-state index contributed by atoms with van der Waals surface area (Å²) in [5.41, 5.74) is 0. The standard InChI is InChI=1S/C16H25BrClNO/c1-13(2)12-19-9-5-3-4-6-10-20-16-11-14(17)7-8-15(16)18/h7-8,11,13,19H,3-6,9-10,12H2,1-2H3. The lowest BCUT2D eigenvalue weighted by molar-refractivity contribution is 0.304. The molecule has 4 heteroatoms. The van der Waals surface area contributed by atoms with Crippen molar-refractivity contribution < 1.29 is 4.74 Å². The van der Waals surface area contributed by atoms with Crippen molar-refractivity contribution in [2.24, 2.45) is 5.92 Å². The molecule has 0 amide bonds. The van der Waals surface area contributed by atoms with E-state index in [1.807, 2.05) is 18.2 Å². The SMILES string of the molecule is CC(C)CNCCCCCCOc1cc(Br)ccc1Cl. The van der Waals surface area contributed by atoms with Crippen LogP contribution in [0.1, 0.15) is 39.5 Å². The van der Waals surface area contributed by atoms with Gasteiger partial charge in [0.05, 0.1) is 11.6 Å². The maximum absolute atomic E-state index is 6.06. The van der Waals surface area contributed by atoms with Gasteiger partial charge in [0.2, 0.25) is 0 Å². The largest absolute Gasteiger partial charge is 0.492 e. The van der Waals surface area contributed by atoms with E-state index < -0.39 is 0 Å². The zero-order valence-electron chi connectivity index (χ0n) is 12.4. The third-order valence-electron chi connectivity index (χ3n) is 2.95. The second-order valence-corrected chi connectivity index (χ2v) is 6.76. The topological polar surface area (TPSA) is 21.3 Å². The monoisotopic (exact) mass is 361 g/mol. The molecule has 0 atom stereocenters. The minimum absolute atomic E-state index is 0.672. The van der Waals surface area contributed by atoms with Gasteiger partial charge in [-0.3, -0.25) is 0 Å². The number of unbranched alkanes of at least 4 members (excludes halogenated alkanes) is 3. The molecule has 0 fully saturated rings. The van der Waals surface area contributed by atoms with Crippen LogP contribution in [0.4, 0.5) is 0 Å². The Bertz CT molecular complexity index is 385. The van der Waals surface area contributed by atoms with E-state index in [2.05, 4.69) is 35.1 Å². The number of nitrogens with one attached hydrogen (secondary N) is 1. The van der Waals surface area contributed by atoms with Gasteiger partial charge in [-0.1, -0.05) is 54.2 Å². The van der Waals surface area contributed by atoms with Gasteiger partial charge in [-0.2, -0.15) is 0 Å². The first-order valence-electron chi connectivity index (χ1n) is 7.38. The van der Waals surface area contributed by atoms with Crippen LogP contribution in [-0.4, -0.2) is 19.7 Å². The molecule has 0 aliphatic carbocycles. The molecule has 114 valence electrons. The first-order chi connectivity index (χ1) is 9.59. The average molecular weight is 363 g/mol. The van der Waals surface area contributed by atoms with Gasteiger partial charge >= 0.3 is 0 Å². The van der Waals surface area contributed by atoms with Crippen molar-refractivity contribution in [1.82, 2.24) is 5.32 Å². The van der Waals surface area contributed by atoms with Gasteiger partial charge in [0.25, 0.3) is 0 Å². The Kier molecular flexibility index (Phi) is 9.32. The molecular weight excluding hydrogens is 338 g/mol.